The number of imide groups is 1. The number of piperazine rings is 1. The summed E-state index contributed by atoms with van der Waals surface area (Å²) < 4.78 is 0. The molecule has 2 aliphatic rings. The van der Waals surface area contributed by atoms with E-state index in [2.05, 4.69) is 11.8 Å². The smallest absolute Gasteiger partial charge is 0.254 e. The van der Waals surface area contributed by atoms with Crippen LogP contribution in [0.2, 0.25) is 0 Å². The molecule has 0 aromatic heterocycles. The van der Waals surface area contributed by atoms with Gasteiger partial charge in [0.25, 0.3) is 11.8 Å². The van der Waals surface area contributed by atoms with Gasteiger partial charge in [0.05, 0.1) is 0 Å². The van der Waals surface area contributed by atoms with Crippen molar-refractivity contribution in [3.05, 3.63) is 12.2 Å². The molecule has 1 unspecified atom stereocenters. The van der Waals surface area contributed by atoms with E-state index in [1.54, 1.807) is 11.8 Å². The summed E-state index contributed by atoms with van der Waals surface area (Å²) in [6, 6.07) is -0.721. The summed E-state index contributed by atoms with van der Waals surface area (Å²) in [5.74, 6) is -0.933. The van der Waals surface area contributed by atoms with E-state index in [0.717, 1.165) is 24.5 Å². The summed E-state index contributed by atoms with van der Waals surface area (Å²) in [6.45, 7) is 7.99. The van der Waals surface area contributed by atoms with E-state index in [4.69, 9.17) is 0 Å². The van der Waals surface area contributed by atoms with Crippen molar-refractivity contribution >= 4 is 17.7 Å². The first-order chi connectivity index (χ1) is 11.0. The van der Waals surface area contributed by atoms with E-state index in [0.29, 0.717) is 13.1 Å². The van der Waals surface area contributed by atoms with Gasteiger partial charge in [-0.1, -0.05) is 26.2 Å². The average molecular weight is 321 g/mol. The van der Waals surface area contributed by atoms with Crippen molar-refractivity contribution in [1.82, 2.24) is 14.7 Å². The fourth-order valence-corrected chi connectivity index (χ4v) is 3.12. The lowest BCUT2D eigenvalue weighted by Crippen LogP contribution is -2.55. The van der Waals surface area contributed by atoms with Crippen LogP contribution in [0.25, 0.3) is 0 Å². The van der Waals surface area contributed by atoms with Gasteiger partial charge in [-0.25, -0.2) is 0 Å². The van der Waals surface area contributed by atoms with Crippen LogP contribution in [0.1, 0.15) is 39.5 Å². The van der Waals surface area contributed by atoms with Crippen LogP contribution in [0.15, 0.2) is 12.2 Å². The predicted octanol–water partition coefficient (Wildman–Crippen LogP) is 1.02. The van der Waals surface area contributed by atoms with Gasteiger partial charge in [-0.2, -0.15) is 0 Å². The Morgan fingerprint density at radius 2 is 1.65 bits per heavy atom. The second-order valence-electron chi connectivity index (χ2n) is 6.28. The van der Waals surface area contributed by atoms with E-state index < -0.39 is 17.9 Å². The quantitative estimate of drug-likeness (QED) is 0.519. The second-order valence-corrected chi connectivity index (χ2v) is 6.28. The number of amides is 3. The number of hydrogen-bond donors (Lipinski definition) is 0. The first-order valence-corrected chi connectivity index (χ1v) is 8.61. The zero-order valence-electron chi connectivity index (χ0n) is 14.2. The lowest BCUT2D eigenvalue weighted by molar-refractivity contribution is -0.149. The molecule has 3 amide bonds. The van der Waals surface area contributed by atoms with E-state index >= 15 is 0 Å². The van der Waals surface area contributed by atoms with Gasteiger partial charge in [0.2, 0.25) is 5.91 Å². The number of unbranched alkanes of at least 4 members (excludes halogenated alkanes) is 3. The maximum absolute atomic E-state index is 12.5. The van der Waals surface area contributed by atoms with Gasteiger partial charge in [-0.05, 0) is 19.9 Å². The summed E-state index contributed by atoms with van der Waals surface area (Å²) >= 11 is 0. The Hall–Kier alpha value is -1.69. The average Bonchev–Trinajstić information content (AvgIpc) is 2.89. The first-order valence-electron chi connectivity index (χ1n) is 8.61. The van der Waals surface area contributed by atoms with Crippen molar-refractivity contribution in [3.8, 4) is 0 Å². The highest BCUT2D eigenvalue weighted by Crippen LogP contribution is 2.13. The number of carbonyl (C=O) groups excluding carboxylic acids is 3. The molecule has 1 fully saturated rings. The van der Waals surface area contributed by atoms with Gasteiger partial charge in [-0.15, -0.1) is 0 Å². The minimum absolute atomic E-state index is 0.138. The Kier molecular flexibility index (Phi) is 6.33. The largest absolute Gasteiger partial charge is 0.338 e. The molecule has 6 heteroatoms. The summed E-state index contributed by atoms with van der Waals surface area (Å²) in [4.78, 5) is 41.1. The molecule has 0 aromatic carbocycles. The van der Waals surface area contributed by atoms with Crippen molar-refractivity contribution < 1.29 is 14.4 Å². The third-order valence-electron chi connectivity index (χ3n) is 4.60. The molecule has 0 saturated carbocycles. The Morgan fingerprint density at radius 1 is 1.04 bits per heavy atom. The van der Waals surface area contributed by atoms with Gasteiger partial charge >= 0.3 is 0 Å². The SMILES string of the molecule is CCCCCCN1CCN(C(=O)C(C)N2C(=O)C=CC2=O)CC1. The van der Waals surface area contributed by atoms with E-state index in [-0.39, 0.29) is 5.91 Å². The Bertz CT molecular complexity index is 463. The maximum Gasteiger partial charge on any atom is 0.254 e. The Morgan fingerprint density at radius 3 is 2.22 bits per heavy atom. The van der Waals surface area contributed by atoms with Crippen LogP contribution in [0.3, 0.4) is 0 Å². The highest BCUT2D eigenvalue weighted by Gasteiger charge is 2.35. The van der Waals surface area contributed by atoms with Gasteiger partial charge in [-0.3, -0.25) is 24.2 Å². The number of rotatable bonds is 7. The topological polar surface area (TPSA) is 60.9 Å². The van der Waals surface area contributed by atoms with Crippen LogP contribution in [0.4, 0.5) is 0 Å². The third-order valence-corrected chi connectivity index (χ3v) is 4.60. The molecule has 2 heterocycles. The first kappa shape index (κ1) is 17.7. The van der Waals surface area contributed by atoms with Crippen molar-refractivity contribution in [2.75, 3.05) is 32.7 Å². The molecule has 128 valence electrons. The van der Waals surface area contributed by atoms with Crippen LogP contribution in [-0.2, 0) is 14.4 Å². The Labute approximate surface area is 138 Å². The fourth-order valence-electron chi connectivity index (χ4n) is 3.12. The number of nitrogens with zero attached hydrogens (tertiary/aromatic N) is 3. The van der Waals surface area contributed by atoms with Gasteiger partial charge < -0.3 is 4.90 Å². The molecule has 0 aromatic rings. The molecule has 0 aliphatic carbocycles. The molecule has 0 bridgehead atoms. The molecular weight excluding hydrogens is 294 g/mol. The summed E-state index contributed by atoms with van der Waals surface area (Å²) in [5.41, 5.74) is 0. The minimum atomic E-state index is -0.721. The molecule has 0 radical (unpaired) electrons. The highest BCUT2D eigenvalue weighted by atomic mass is 16.2. The molecule has 1 saturated heterocycles. The zero-order valence-corrected chi connectivity index (χ0v) is 14.2. The predicted molar refractivity (Wildman–Crippen MR) is 87.6 cm³/mol. The Balaban J connectivity index is 1.77. The van der Waals surface area contributed by atoms with Crippen molar-refractivity contribution in [1.29, 1.82) is 0 Å². The van der Waals surface area contributed by atoms with Crippen molar-refractivity contribution in [2.45, 2.75) is 45.6 Å². The molecular formula is C17H27N3O3. The molecule has 0 spiro atoms. The molecule has 2 aliphatic heterocycles. The van der Waals surface area contributed by atoms with Crippen molar-refractivity contribution in [2.24, 2.45) is 0 Å². The van der Waals surface area contributed by atoms with Crippen LogP contribution in [0, 0.1) is 0 Å². The molecule has 23 heavy (non-hydrogen) atoms. The lowest BCUT2D eigenvalue weighted by Gasteiger charge is -2.37. The van der Waals surface area contributed by atoms with Crippen LogP contribution in [0.5, 0.6) is 0 Å². The lowest BCUT2D eigenvalue weighted by atomic mass is 10.2. The molecule has 1 atom stereocenters. The summed E-state index contributed by atoms with van der Waals surface area (Å²) in [6.07, 6.45) is 7.44. The van der Waals surface area contributed by atoms with Gasteiger partial charge in [0.15, 0.2) is 0 Å². The normalized spacial score (nSPS) is 20.4. The van der Waals surface area contributed by atoms with E-state index in [1.807, 2.05) is 0 Å². The van der Waals surface area contributed by atoms with Gasteiger partial charge in [0, 0.05) is 38.3 Å². The zero-order chi connectivity index (χ0) is 16.8. The maximum atomic E-state index is 12.5. The summed E-state index contributed by atoms with van der Waals surface area (Å²) in [7, 11) is 0. The summed E-state index contributed by atoms with van der Waals surface area (Å²) in [5, 5.41) is 0. The second kappa shape index (κ2) is 8.24. The van der Waals surface area contributed by atoms with E-state index in [1.165, 1.54) is 37.8 Å². The van der Waals surface area contributed by atoms with Crippen LogP contribution < -0.4 is 0 Å². The van der Waals surface area contributed by atoms with Crippen LogP contribution >= 0.6 is 0 Å². The van der Waals surface area contributed by atoms with Gasteiger partial charge in [0.1, 0.15) is 6.04 Å². The third kappa shape index (κ3) is 4.41. The monoisotopic (exact) mass is 321 g/mol. The fraction of sp³-hybridized carbons (Fsp3) is 0.706. The minimum Gasteiger partial charge on any atom is -0.338 e. The molecule has 2 rings (SSSR count). The number of carbonyl (C=O) groups is 3. The highest BCUT2D eigenvalue weighted by molar-refractivity contribution is 6.15. The molecule has 0 N–H and O–H groups in total. The number of hydrogen-bond acceptors (Lipinski definition) is 4. The molecule has 6 nitrogen and oxygen atoms in total. The van der Waals surface area contributed by atoms with Crippen LogP contribution in [-0.4, -0.2) is 71.2 Å². The van der Waals surface area contributed by atoms with E-state index in [9.17, 15) is 14.4 Å². The standard InChI is InChI=1S/C17H27N3O3/c1-3-4-5-6-9-18-10-12-19(13-11-18)17(23)14(2)20-15(21)7-8-16(20)22/h7-8,14H,3-6,9-13H2,1-2H3. The van der Waals surface area contributed by atoms with Crippen molar-refractivity contribution in [3.63, 3.8) is 0 Å².